The maximum Gasteiger partial charge on any atom is 0.266 e. The van der Waals surface area contributed by atoms with E-state index in [-0.39, 0.29) is 10.2 Å². The van der Waals surface area contributed by atoms with Crippen LogP contribution in [-0.4, -0.2) is 27.1 Å². The van der Waals surface area contributed by atoms with Gasteiger partial charge in [0.1, 0.15) is 4.32 Å². The van der Waals surface area contributed by atoms with Gasteiger partial charge >= 0.3 is 0 Å². The van der Waals surface area contributed by atoms with Crippen LogP contribution in [0.1, 0.15) is 31.7 Å². The number of hydrogen-bond donors (Lipinski definition) is 0. The Bertz CT molecular complexity index is 658. The summed E-state index contributed by atoms with van der Waals surface area (Å²) in [6, 6.07) is 5.99. The second kappa shape index (κ2) is 7.95. The van der Waals surface area contributed by atoms with Crippen LogP contribution in [0.15, 0.2) is 29.2 Å². The molecule has 1 saturated heterocycles. The fraction of sp³-hybridized carbons (Fsp3) is 0.312. The average Bonchev–Trinajstić information content (AvgIpc) is 2.77. The predicted octanol–water partition coefficient (Wildman–Crippen LogP) is 2.85. The summed E-state index contributed by atoms with van der Waals surface area (Å²) >= 11 is 12.1. The van der Waals surface area contributed by atoms with E-state index in [1.165, 1.54) is 0 Å². The number of carbonyl (C=O) groups excluding carboxylic acids is 2. The molecule has 2 rings (SSSR count). The minimum atomic E-state index is -1.28. The summed E-state index contributed by atoms with van der Waals surface area (Å²) in [5.41, 5.74) is 0.799. The number of carboxylic acid groups (broad SMARTS) is 1. The number of unbranched alkanes of at least 4 members (excludes halogenated alkanes) is 1. The molecule has 122 valence electrons. The Balaban J connectivity index is 2.24. The lowest BCUT2D eigenvalue weighted by Crippen LogP contribution is -2.49. The highest BCUT2D eigenvalue weighted by atomic mass is 35.5. The first-order chi connectivity index (χ1) is 10.9. The van der Waals surface area contributed by atoms with Crippen LogP contribution < -0.4 is 5.11 Å². The number of carbonyl (C=O) groups is 2. The molecule has 1 fully saturated rings. The van der Waals surface area contributed by atoms with Crippen LogP contribution in [0.4, 0.5) is 0 Å². The number of halogens is 1. The molecule has 0 bridgehead atoms. The summed E-state index contributed by atoms with van der Waals surface area (Å²) in [7, 11) is 0. The van der Waals surface area contributed by atoms with Crippen molar-refractivity contribution in [2.24, 2.45) is 0 Å². The summed E-state index contributed by atoms with van der Waals surface area (Å²) in [6.07, 6.45) is 3.53. The molecule has 1 atom stereocenters. The van der Waals surface area contributed by atoms with Crippen molar-refractivity contribution >= 4 is 57.9 Å². The van der Waals surface area contributed by atoms with E-state index in [1.807, 2.05) is 6.92 Å². The molecule has 1 heterocycles. The zero-order valence-electron chi connectivity index (χ0n) is 12.5. The number of thiocarbonyl (C=S) groups is 1. The monoisotopic (exact) mass is 368 g/mol. The largest absolute Gasteiger partial charge is 0.548 e. The number of benzene rings is 1. The Hall–Kier alpha value is -1.37. The molecule has 1 amide bonds. The smallest absolute Gasteiger partial charge is 0.266 e. The van der Waals surface area contributed by atoms with Gasteiger partial charge in [-0.25, -0.2) is 0 Å². The number of nitrogens with zero attached hydrogens (tertiary/aromatic N) is 1. The Morgan fingerprint density at radius 1 is 1.43 bits per heavy atom. The van der Waals surface area contributed by atoms with E-state index in [0.29, 0.717) is 22.8 Å². The van der Waals surface area contributed by atoms with Gasteiger partial charge in [0.25, 0.3) is 5.91 Å². The van der Waals surface area contributed by atoms with Crippen molar-refractivity contribution in [3.05, 3.63) is 39.8 Å². The number of thioether (sulfide) groups is 1. The van der Waals surface area contributed by atoms with Gasteiger partial charge in [-0.15, -0.1) is 0 Å². The summed E-state index contributed by atoms with van der Waals surface area (Å²) < 4.78 is 0.250. The quantitative estimate of drug-likeness (QED) is 0.570. The first-order valence-corrected chi connectivity index (χ1v) is 8.77. The maximum atomic E-state index is 12.5. The van der Waals surface area contributed by atoms with Crippen LogP contribution >= 0.6 is 35.6 Å². The molecule has 0 radical (unpaired) electrons. The molecule has 0 unspecified atom stereocenters. The van der Waals surface area contributed by atoms with Crippen LogP contribution in [0.2, 0.25) is 5.02 Å². The average molecular weight is 369 g/mol. The Morgan fingerprint density at radius 3 is 2.65 bits per heavy atom. The molecule has 1 aliphatic heterocycles. The van der Waals surface area contributed by atoms with Crippen molar-refractivity contribution in [1.29, 1.82) is 0 Å². The van der Waals surface area contributed by atoms with Crippen LogP contribution in [0.5, 0.6) is 0 Å². The molecular weight excluding hydrogens is 354 g/mol. The molecule has 23 heavy (non-hydrogen) atoms. The third kappa shape index (κ3) is 4.34. The van der Waals surface area contributed by atoms with Gasteiger partial charge in [0, 0.05) is 5.02 Å². The van der Waals surface area contributed by atoms with E-state index >= 15 is 0 Å². The number of rotatable bonds is 6. The molecular formula is C16H15ClNO3S2-. The fourth-order valence-corrected chi connectivity index (χ4v) is 3.69. The van der Waals surface area contributed by atoms with E-state index in [0.717, 1.165) is 28.6 Å². The number of carboxylic acids is 1. The minimum Gasteiger partial charge on any atom is -0.548 e. The van der Waals surface area contributed by atoms with Crippen molar-refractivity contribution in [1.82, 2.24) is 4.90 Å². The second-order valence-corrected chi connectivity index (χ2v) is 7.19. The van der Waals surface area contributed by atoms with Crippen molar-refractivity contribution in [3.8, 4) is 0 Å². The van der Waals surface area contributed by atoms with Gasteiger partial charge in [0.05, 0.1) is 16.9 Å². The van der Waals surface area contributed by atoms with Gasteiger partial charge in [0.15, 0.2) is 0 Å². The number of hydrogen-bond acceptors (Lipinski definition) is 5. The van der Waals surface area contributed by atoms with Crippen molar-refractivity contribution in [2.75, 3.05) is 0 Å². The topological polar surface area (TPSA) is 60.4 Å². The second-order valence-electron chi connectivity index (χ2n) is 5.08. The maximum absolute atomic E-state index is 12.5. The number of amides is 1. The van der Waals surface area contributed by atoms with Crippen LogP contribution in [0.25, 0.3) is 6.08 Å². The molecule has 0 N–H and O–H groups in total. The predicted molar refractivity (Wildman–Crippen MR) is 94.8 cm³/mol. The summed E-state index contributed by atoms with van der Waals surface area (Å²) in [4.78, 5) is 25.5. The Morgan fingerprint density at radius 2 is 2.09 bits per heavy atom. The zero-order valence-corrected chi connectivity index (χ0v) is 14.8. The molecule has 0 aliphatic carbocycles. The number of aliphatic carboxylic acids is 1. The van der Waals surface area contributed by atoms with Gasteiger partial charge in [-0.05, 0) is 30.2 Å². The molecule has 0 spiro atoms. The Labute approximate surface area is 149 Å². The van der Waals surface area contributed by atoms with Gasteiger partial charge in [0.2, 0.25) is 0 Å². The van der Waals surface area contributed by atoms with E-state index < -0.39 is 12.0 Å². The lowest BCUT2D eigenvalue weighted by atomic mass is 10.1. The molecule has 1 aromatic carbocycles. The van der Waals surface area contributed by atoms with E-state index in [9.17, 15) is 14.7 Å². The van der Waals surface area contributed by atoms with Crippen LogP contribution in [0.3, 0.4) is 0 Å². The lowest BCUT2D eigenvalue weighted by Gasteiger charge is -2.27. The summed E-state index contributed by atoms with van der Waals surface area (Å²) in [6.45, 7) is 1.96. The fourth-order valence-electron chi connectivity index (χ4n) is 2.21. The van der Waals surface area contributed by atoms with Gasteiger partial charge in [-0.3, -0.25) is 9.69 Å². The molecule has 7 heteroatoms. The lowest BCUT2D eigenvalue weighted by molar-refractivity contribution is -0.310. The zero-order chi connectivity index (χ0) is 17.0. The third-order valence-corrected chi connectivity index (χ3v) is 4.99. The highest BCUT2D eigenvalue weighted by Crippen LogP contribution is 2.34. The summed E-state index contributed by atoms with van der Waals surface area (Å²) in [5.74, 6) is -1.66. The molecule has 1 aromatic rings. The van der Waals surface area contributed by atoms with E-state index in [2.05, 4.69) is 0 Å². The van der Waals surface area contributed by atoms with Crippen LogP contribution in [0, 0.1) is 0 Å². The minimum absolute atomic E-state index is 0.250. The van der Waals surface area contributed by atoms with Gasteiger partial charge in [-0.2, -0.15) is 0 Å². The molecule has 0 saturated carbocycles. The first kappa shape index (κ1) is 18.0. The molecule has 1 aliphatic rings. The van der Waals surface area contributed by atoms with E-state index in [4.69, 9.17) is 23.8 Å². The van der Waals surface area contributed by atoms with Crippen molar-refractivity contribution in [2.45, 2.75) is 32.2 Å². The van der Waals surface area contributed by atoms with Crippen LogP contribution in [-0.2, 0) is 9.59 Å². The standard InChI is InChI=1S/C16H16ClNO3S2/c1-2-3-4-12(15(20)21)18-14(19)13(23-16(18)22)9-10-5-7-11(17)8-6-10/h5-9,12H,2-4H2,1H3,(H,20,21)/p-1/b13-9-/t12-/m0/s1. The van der Waals surface area contributed by atoms with Crippen molar-refractivity contribution < 1.29 is 14.7 Å². The van der Waals surface area contributed by atoms with Gasteiger partial charge < -0.3 is 9.90 Å². The molecule has 0 aromatic heterocycles. The first-order valence-electron chi connectivity index (χ1n) is 7.17. The Kier molecular flexibility index (Phi) is 6.21. The van der Waals surface area contributed by atoms with E-state index in [1.54, 1.807) is 30.3 Å². The molecule has 4 nitrogen and oxygen atoms in total. The van der Waals surface area contributed by atoms with Crippen molar-refractivity contribution in [3.63, 3.8) is 0 Å². The normalized spacial score (nSPS) is 17.8. The summed E-state index contributed by atoms with van der Waals surface area (Å²) in [5, 5.41) is 12.0. The highest BCUT2D eigenvalue weighted by molar-refractivity contribution is 8.26. The van der Waals surface area contributed by atoms with Gasteiger partial charge in [-0.1, -0.05) is 67.5 Å². The highest BCUT2D eigenvalue weighted by Gasteiger charge is 2.37. The third-order valence-electron chi connectivity index (χ3n) is 3.41. The SMILES string of the molecule is CCCC[C@@H](C(=O)[O-])N1C(=O)/C(=C/c2ccc(Cl)cc2)SC1=S.